The van der Waals surface area contributed by atoms with Gasteiger partial charge in [-0.15, -0.1) is 12.4 Å². The fourth-order valence-electron chi connectivity index (χ4n) is 2.86. The summed E-state index contributed by atoms with van der Waals surface area (Å²) in [5.41, 5.74) is 6.47. The Hall–Kier alpha value is -1.13. The van der Waals surface area contributed by atoms with Crippen LogP contribution in [0.1, 0.15) is 38.7 Å². The molecule has 1 fully saturated rings. The summed E-state index contributed by atoms with van der Waals surface area (Å²) >= 11 is 0. The lowest BCUT2D eigenvalue weighted by molar-refractivity contribution is -0.123. The Balaban J connectivity index is 0.00000242. The molecule has 0 aromatic heterocycles. The first kappa shape index (κ1) is 18.9. The van der Waals surface area contributed by atoms with Crippen molar-refractivity contribution in [2.75, 3.05) is 6.54 Å². The molecule has 0 saturated heterocycles. The van der Waals surface area contributed by atoms with E-state index < -0.39 is 0 Å². The van der Waals surface area contributed by atoms with Gasteiger partial charge in [0.05, 0.1) is 5.54 Å². The molecule has 2 unspecified atom stereocenters. The van der Waals surface area contributed by atoms with Crippen LogP contribution >= 0.6 is 12.4 Å². The van der Waals surface area contributed by atoms with E-state index in [-0.39, 0.29) is 35.6 Å². The molecule has 2 rings (SSSR count). The number of rotatable bonds is 7. The van der Waals surface area contributed by atoms with Crippen molar-refractivity contribution in [2.45, 2.75) is 45.1 Å². The smallest absolute Gasteiger partial charge is 0.220 e. The largest absolute Gasteiger partial charge is 0.349 e. The normalized spacial score (nSPS) is 18.0. The Labute approximate surface area is 138 Å². The zero-order valence-electron chi connectivity index (χ0n) is 13.3. The minimum Gasteiger partial charge on any atom is -0.349 e. The minimum atomic E-state index is -0.268. The van der Waals surface area contributed by atoms with E-state index in [0.717, 1.165) is 18.4 Å². The molecule has 1 aromatic rings. The Kier molecular flexibility index (Phi) is 6.82. The van der Waals surface area contributed by atoms with Crippen molar-refractivity contribution in [3.05, 3.63) is 35.6 Å². The summed E-state index contributed by atoms with van der Waals surface area (Å²) in [6.45, 7) is 4.52. The van der Waals surface area contributed by atoms with Gasteiger partial charge in [-0.1, -0.05) is 19.1 Å². The van der Waals surface area contributed by atoms with E-state index in [4.69, 9.17) is 5.73 Å². The Bertz CT molecular complexity index is 507. The highest BCUT2D eigenvalue weighted by atomic mass is 35.5. The SMILES string of the molecule is CC(CC(=O)NC(C)(CN)C1CC1)Cc1cccc(F)c1.Cl. The zero-order valence-corrected chi connectivity index (χ0v) is 14.1. The van der Waals surface area contributed by atoms with Crippen molar-refractivity contribution in [1.29, 1.82) is 0 Å². The number of hydrogen-bond acceptors (Lipinski definition) is 2. The van der Waals surface area contributed by atoms with Crippen molar-refractivity contribution in [1.82, 2.24) is 5.32 Å². The molecule has 1 aliphatic rings. The molecule has 3 N–H and O–H groups in total. The second-order valence-electron chi connectivity index (χ2n) is 6.59. The number of hydrogen-bond donors (Lipinski definition) is 2. The number of carbonyl (C=O) groups excluding carboxylic acids is 1. The molecule has 1 aromatic carbocycles. The van der Waals surface area contributed by atoms with E-state index in [9.17, 15) is 9.18 Å². The summed E-state index contributed by atoms with van der Waals surface area (Å²) in [5, 5.41) is 3.10. The van der Waals surface area contributed by atoms with Crippen LogP contribution in [0, 0.1) is 17.7 Å². The highest BCUT2D eigenvalue weighted by molar-refractivity contribution is 5.85. The molecule has 0 heterocycles. The lowest BCUT2D eigenvalue weighted by Gasteiger charge is -2.30. The summed E-state index contributed by atoms with van der Waals surface area (Å²) in [5.74, 6) is 0.505. The summed E-state index contributed by atoms with van der Waals surface area (Å²) < 4.78 is 13.2. The van der Waals surface area contributed by atoms with Crippen molar-refractivity contribution >= 4 is 18.3 Å². The average Bonchev–Trinajstić information content (AvgIpc) is 3.22. The van der Waals surface area contributed by atoms with Gasteiger partial charge in [0.1, 0.15) is 5.82 Å². The van der Waals surface area contributed by atoms with Crippen LogP contribution in [0.15, 0.2) is 24.3 Å². The molecule has 5 heteroatoms. The topological polar surface area (TPSA) is 55.1 Å². The van der Waals surface area contributed by atoms with Gasteiger partial charge in [-0.05, 0) is 55.7 Å². The van der Waals surface area contributed by atoms with Gasteiger partial charge in [-0.2, -0.15) is 0 Å². The molecular formula is C17H26ClFN2O. The Morgan fingerprint density at radius 3 is 2.73 bits per heavy atom. The van der Waals surface area contributed by atoms with E-state index in [1.807, 2.05) is 19.9 Å². The minimum absolute atomic E-state index is 0. The van der Waals surface area contributed by atoms with E-state index in [1.165, 1.54) is 12.1 Å². The molecule has 1 saturated carbocycles. The fourth-order valence-corrected chi connectivity index (χ4v) is 2.86. The van der Waals surface area contributed by atoms with Gasteiger partial charge in [0.15, 0.2) is 0 Å². The molecule has 3 nitrogen and oxygen atoms in total. The van der Waals surface area contributed by atoms with Crippen molar-refractivity contribution in [3.8, 4) is 0 Å². The first-order valence-electron chi connectivity index (χ1n) is 7.68. The number of carbonyl (C=O) groups is 1. The van der Waals surface area contributed by atoms with Gasteiger partial charge in [0.2, 0.25) is 5.91 Å². The summed E-state index contributed by atoms with van der Waals surface area (Å²) in [7, 11) is 0. The number of amides is 1. The molecular weight excluding hydrogens is 303 g/mol. The van der Waals surface area contributed by atoms with E-state index in [1.54, 1.807) is 6.07 Å². The monoisotopic (exact) mass is 328 g/mol. The van der Waals surface area contributed by atoms with Gasteiger partial charge >= 0.3 is 0 Å². The van der Waals surface area contributed by atoms with Gasteiger partial charge < -0.3 is 11.1 Å². The van der Waals surface area contributed by atoms with Crippen LogP contribution in [0.5, 0.6) is 0 Å². The maximum atomic E-state index is 13.2. The average molecular weight is 329 g/mol. The van der Waals surface area contributed by atoms with Crippen molar-refractivity contribution in [3.63, 3.8) is 0 Å². The predicted octanol–water partition coefficient (Wildman–Crippen LogP) is 3.06. The molecule has 2 atom stereocenters. The maximum absolute atomic E-state index is 13.2. The first-order chi connectivity index (χ1) is 9.93. The first-order valence-corrected chi connectivity index (χ1v) is 7.68. The number of benzene rings is 1. The molecule has 0 bridgehead atoms. The quantitative estimate of drug-likeness (QED) is 0.808. The fraction of sp³-hybridized carbons (Fsp3) is 0.588. The maximum Gasteiger partial charge on any atom is 0.220 e. The third kappa shape index (κ3) is 5.25. The highest BCUT2D eigenvalue weighted by Gasteiger charge is 2.41. The van der Waals surface area contributed by atoms with E-state index >= 15 is 0 Å². The molecule has 0 radical (unpaired) electrons. The molecule has 1 aliphatic carbocycles. The second-order valence-corrected chi connectivity index (χ2v) is 6.59. The zero-order chi connectivity index (χ0) is 15.5. The molecule has 124 valence electrons. The summed E-state index contributed by atoms with van der Waals surface area (Å²) in [6.07, 6.45) is 3.44. The van der Waals surface area contributed by atoms with Crippen LogP contribution in [0.3, 0.4) is 0 Å². The number of nitrogens with one attached hydrogen (secondary N) is 1. The van der Waals surface area contributed by atoms with Crippen LogP contribution in [-0.2, 0) is 11.2 Å². The molecule has 0 aliphatic heterocycles. The third-order valence-electron chi connectivity index (χ3n) is 4.33. The Morgan fingerprint density at radius 2 is 2.18 bits per heavy atom. The standard InChI is InChI=1S/C17H25FN2O.ClH/c1-12(8-13-4-3-5-15(18)10-13)9-16(21)20-17(2,11-19)14-6-7-14;/h3-5,10,12,14H,6-9,11,19H2,1-2H3,(H,20,21);1H. The summed E-state index contributed by atoms with van der Waals surface area (Å²) in [6, 6.07) is 6.56. The van der Waals surface area contributed by atoms with Gasteiger partial charge in [-0.3, -0.25) is 4.79 Å². The van der Waals surface area contributed by atoms with Crippen LogP contribution in [0.2, 0.25) is 0 Å². The van der Waals surface area contributed by atoms with Crippen LogP contribution in [0.4, 0.5) is 4.39 Å². The van der Waals surface area contributed by atoms with Crippen LogP contribution < -0.4 is 11.1 Å². The van der Waals surface area contributed by atoms with Crippen molar-refractivity contribution in [2.24, 2.45) is 17.6 Å². The Morgan fingerprint density at radius 1 is 1.50 bits per heavy atom. The van der Waals surface area contributed by atoms with Gasteiger partial charge in [0.25, 0.3) is 0 Å². The molecule has 22 heavy (non-hydrogen) atoms. The third-order valence-corrected chi connectivity index (χ3v) is 4.33. The van der Waals surface area contributed by atoms with Gasteiger partial charge in [-0.25, -0.2) is 4.39 Å². The molecule has 1 amide bonds. The summed E-state index contributed by atoms with van der Waals surface area (Å²) in [4.78, 5) is 12.2. The van der Waals surface area contributed by atoms with E-state index in [2.05, 4.69) is 5.32 Å². The van der Waals surface area contributed by atoms with Crippen LogP contribution in [-0.4, -0.2) is 18.0 Å². The number of halogens is 2. The number of nitrogens with two attached hydrogens (primary N) is 1. The van der Waals surface area contributed by atoms with Crippen LogP contribution in [0.25, 0.3) is 0 Å². The van der Waals surface area contributed by atoms with Gasteiger partial charge in [0, 0.05) is 13.0 Å². The van der Waals surface area contributed by atoms with Crippen molar-refractivity contribution < 1.29 is 9.18 Å². The lowest BCUT2D eigenvalue weighted by Crippen LogP contribution is -2.53. The lowest BCUT2D eigenvalue weighted by atomic mass is 9.93. The highest BCUT2D eigenvalue weighted by Crippen LogP contribution is 2.39. The molecule has 0 spiro atoms. The predicted molar refractivity (Wildman–Crippen MR) is 89.5 cm³/mol. The second kappa shape index (κ2) is 7.93. The van der Waals surface area contributed by atoms with E-state index in [0.29, 0.717) is 25.3 Å².